The van der Waals surface area contributed by atoms with Gasteiger partial charge in [0.15, 0.2) is 0 Å². The molecule has 0 aromatic carbocycles. The number of hydrogen-bond acceptors (Lipinski definition) is 5. The SMILES string of the molecule is COCCCN(CCNS(=O)(=O)N(C)C)S(C)(=O)=O. The van der Waals surface area contributed by atoms with E-state index in [1.807, 2.05) is 0 Å². The van der Waals surface area contributed by atoms with Crippen molar-refractivity contribution in [1.29, 1.82) is 0 Å². The highest BCUT2D eigenvalue weighted by Crippen LogP contribution is 1.99. The fourth-order valence-corrected chi connectivity index (χ4v) is 2.75. The molecule has 0 aromatic heterocycles. The molecule has 0 aliphatic heterocycles. The molecule has 116 valence electrons. The number of methoxy groups -OCH3 is 1. The van der Waals surface area contributed by atoms with Crippen LogP contribution < -0.4 is 4.72 Å². The lowest BCUT2D eigenvalue weighted by molar-refractivity contribution is 0.187. The van der Waals surface area contributed by atoms with E-state index < -0.39 is 20.2 Å². The maximum atomic E-state index is 11.5. The zero-order chi connectivity index (χ0) is 15.1. The molecule has 0 spiro atoms. The van der Waals surface area contributed by atoms with Crippen LogP contribution in [0.15, 0.2) is 0 Å². The summed E-state index contributed by atoms with van der Waals surface area (Å²) in [6, 6.07) is 0. The summed E-state index contributed by atoms with van der Waals surface area (Å²) in [5, 5.41) is 0. The van der Waals surface area contributed by atoms with Crippen LogP contribution in [0.3, 0.4) is 0 Å². The second kappa shape index (κ2) is 8.12. The van der Waals surface area contributed by atoms with Gasteiger partial charge in [-0.1, -0.05) is 0 Å². The van der Waals surface area contributed by atoms with Crippen molar-refractivity contribution in [2.24, 2.45) is 0 Å². The highest BCUT2D eigenvalue weighted by atomic mass is 32.2. The molecular weight excluding hydrogens is 294 g/mol. The summed E-state index contributed by atoms with van der Waals surface area (Å²) in [5.74, 6) is 0. The predicted octanol–water partition coefficient (Wildman–Crippen LogP) is -1.32. The maximum absolute atomic E-state index is 11.5. The summed E-state index contributed by atoms with van der Waals surface area (Å²) >= 11 is 0. The Hall–Kier alpha value is -0.260. The largest absolute Gasteiger partial charge is 0.385 e. The molecule has 19 heavy (non-hydrogen) atoms. The highest BCUT2D eigenvalue weighted by molar-refractivity contribution is 7.88. The van der Waals surface area contributed by atoms with Gasteiger partial charge in [-0.3, -0.25) is 0 Å². The summed E-state index contributed by atoms with van der Waals surface area (Å²) in [7, 11) is -2.55. The standard InChI is InChI=1S/C9H23N3O5S2/c1-11(2)19(15,16)10-6-8-12(18(4,13)14)7-5-9-17-3/h10H,5-9H2,1-4H3. The van der Waals surface area contributed by atoms with Crippen LogP contribution in [-0.4, -0.2) is 79.1 Å². The van der Waals surface area contributed by atoms with Crippen molar-refractivity contribution >= 4 is 20.2 Å². The zero-order valence-electron chi connectivity index (χ0n) is 11.8. The monoisotopic (exact) mass is 317 g/mol. The molecule has 0 amide bonds. The number of ether oxygens (including phenoxy) is 1. The Kier molecular flexibility index (Phi) is 8.01. The zero-order valence-corrected chi connectivity index (χ0v) is 13.4. The summed E-state index contributed by atoms with van der Waals surface area (Å²) in [4.78, 5) is 0. The Morgan fingerprint density at radius 1 is 1.11 bits per heavy atom. The number of rotatable bonds is 10. The van der Waals surface area contributed by atoms with Crippen LogP contribution in [-0.2, 0) is 25.0 Å². The maximum Gasteiger partial charge on any atom is 0.278 e. The van der Waals surface area contributed by atoms with Crippen molar-refractivity contribution in [3.8, 4) is 0 Å². The lowest BCUT2D eigenvalue weighted by Gasteiger charge is -2.20. The molecule has 0 atom stereocenters. The Balaban J connectivity index is 4.37. The Bertz CT molecular complexity index is 446. The van der Waals surface area contributed by atoms with Crippen LogP contribution in [0.5, 0.6) is 0 Å². The lowest BCUT2D eigenvalue weighted by Crippen LogP contribution is -2.42. The van der Waals surface area contributed by atoms with Gasteiger partial charge < -0.3 is 4.74 Å². The van der Waals surface area contributed by atoms with Gasteiger partial charge in [0.1, 0.15) is 0 Å². The summed E-state index contributed by atoms with van der Waals surface area (Å²) < 4.78 is 55.3. The number of hydrogen-bond donors (Lipinski definition) is 1. The van der Waals surface area contributed by atoms with E-state index in [2.05, 4.69) is 4.72 Å². The first-order valence-corrected chi connectivity index (χ1v) is 9.01. The first-order valence-electron chi connectivity index (χ1n) is 5.72. The van der Waals surface area contributed by atoms with Crippen molar-refractivity contribution in [2.75, 3.05) is 53.7 Å². The van der Waals surface area contributed by atoms with Gasteiger partial charge in [-0.15, -0.1) is 0 Å². The number of sulfonamides is 1. The predicted molar refractivity (Wildman–Crippen MR) is 73.5 cm³/mol. The van der Waals surface area contributed by atoms with Crippen LogP contribution in [0.4, 0.5) is 0 Å². The molecule has 0 heterocycles. The fourth-order valence-electron chi connectivity index (χ4n) is 1.26. The summed E-state index contributed by atoms with van der Waals surface area (Å²) in [6.07, 6.45) is 1.66. The van der Waals surface area contributed by atoms with E-state index in [4.69, 9.17) is 4.74 Å². The van der Waals surface area contributed by atoms with Gasteiger partial charge in [0.05, 0.1) is 6.26 Å². The molecule has 0 saturated heterocycles. The van der Waals surface area contributed by atoms with Gasteiger partial charge in [0.25, 0.3) is 10.2 Å². The van der Waals surface area contributed by atoms with Gasteiger partial charge in [-0.25, -0.2) is 17.4 Å². The third kappa shape index (κ3) is 7.80. The van der Waals surface area contributed by atoms with Crippen molar-refractivity contribution in [3.63, 3.8) is 0 Å². The molecule has 0 saturated carbocycles. The molecule has 8 nitrogen and oxygen atoms in total. The highest BCUT2D eigenvalue weighted by Gasteiger charge is 2.18. The molecule has 0 rings (SSSR count). The minimum absolute atomic E-state index is 0.0283. The van der Waals surface area contributed by atoms with Crippen LogP contribution in [0, 0.1) is 0 Å². The second-order valence-electron chi connectivity index (χ2n) is 4.19. The molecule has 0 radical (unpaired) electrons. The number of nitrogens with one attached hydrogen (secondary N) is 1. The van der Waals surface area contributed by atoms with Gasteiger partial charge >= 0.3 is 0 Å². The van der Waals surface area contributed by atoms with E-state index in [1.54, 1.807) is 0 Å². The molecule has 0 fully saturated rings. The minimum atomic E-state index is -3.53. The van der Waals surface area contributed by atoms with Crippen molar-refractivity contribution in [3.05, 3.63) is 0 Å². The first-order chi connectivity index (χ1) is 8.61. The van der Waals surface area contributed by atoms with Crippen LogP contribution in [0.2, 0.25) is 0 Å². The van der Waals surface area contributed by atoms with E-state index >= 15 is 0 Å². The molecule has 1 N–H and O–H groups in total. The Morgan fingerprint density at radius 2 is 1.68 bits per heavy atom. The molecular formula is C9H23N3O5S2. The Morgan fingerprint density at radius 3 is 2.11 bits per heavy atom. The lowest BCUT2D eigenvalue weighted by atomic mass is 10.4. The average molecular weight is 317 g/mol. The minimum Gasteiger partial charge on any atom is -0.385 e. The topological polar surface area (TPSA) is 96.0 Å². The number of nitrogens with zero attached hydrogens (tertiary/aromatic N) is 2. The third-order valence-electron chi connectivity index (χ3n) is 2.35. The van der Waals surface area contributed by atoms with Gasteiger partial charge in [-0.05, 0) is 6.42 Å². The van der Waals surface area contributed by atoms with E-state index in [0.717, 1.165) is 10.6 Å². The van der Waals surface area contributed by atoms with Gasteiger partial charge in [0, 0.05) is 47.4 Å². The van der Waals surface area contributed by atoms with Crippen molar-refractivity contribution in [2.45, 2.75) is 6.42 Å². The normalized spacial score (nSPS) is 13.4. The van der Waals surface area contributed by atoms with E-state index in [1.165, 1.54) is 25.5 Å². The van der Waals surface area contributed by atoms with E-state index in [9.17, 15) is 16.8 Å². The molecule has 0 unspecified atom stereocenters. The van der Waals surface area contributed by atoms with Gasteiger partial charge in [0.2, 0.25) is 10.0 Å². The quantitative estimate of drug-likeness (QED) is 0.504. The fraction of sp³-hybridized carbons (Fsp3) is 1.00. The van der Waals surface area contributed by atoms with Gasteiger partial charge in [-0.2, -0.15) is 12.7 Å². The molecule has 0 aliphatic carbocycles. The van der Waals surface area contributed by atoms with Crippen molar-refractivity contribution < 1.29 is 21.6 Å². The van der Waals surface area contributed by atoms with E-state index in [-0.39, 0.29) is 13.1 Å². The molecule has 0 aromatic rings. The molecule has 0 aliphatic rings. The first kappa shape index (κ1) is 18.7. The second-order valence-corrected chi connectivity index (χ2v) is 8.14. The van der Waals surface area contributed by atoms with Crippen LogP contribution >= 0.6 is 0 Å². The molecule has 0 bridgehead atoms. The third-order valence-corrected chi connectivity index (χ3v) is 5.18. The average Bonchev–Trinajstić information content (AvgIpc) is 2.25. The van der Waals surface area contributed by atoms with Crippen molar-refractivity contribution in [1.82, 2.24) is 13.3 Å². The van der Waals surface area contributed by atoms with Crippen LogP contribution in [0.1, 0.15) is 6.42 Å². The summed E-state index contributed by atoms with van der Waals surface area (Å²) in [6.45, 7) is 0.877. The smallest absolute Gasteiger partial charge is 0.278 e. The summed E-state index contributed by atoms with van der Waals surface area (Å²) in [5.41, 5.74) is 0. The van der Waals surface area contributed by atoms with E-state index in [0.29, 0.717) is 19.6 Å². The van der Waals surface area contributed by atoms with Crippen LogP contribution in [0.25, 0.3) is 0 Å². The molecule has 10 heteroatoms. The Labute approximate surface area is 115 Å².